The molecule has 16 heavy (non-hydrogen) atoms. The van der Waals surface area contributed by atoms with Gasteiger partial charge in [0.2, 0.25) is 0 Å². The Bertz CT molecular complexity index is 319. The average Bonchev–Trinajstić information content (AvgIpc) is 2.22. The van der Waals surface area contributed by atoms with Crippen LogP contribution in [0.15, 0.2) is 12.4 Å². The maximum absolute atomic E-state index is 5.61. The fraction of sp³-hybridized carbons (Fsp3) is 0.667. The van der Waals surface area contributed by atoms with E-state index in [2.05, 4.69) is 15.3 Å². The molecule has 0 saturated heterocycles. The summed E-state index contributed by atoms with van der Waals surface area (Å²) in [5.74, 6) is 1.29. The molecule has 1 saturated carbocycles. The molecule has 1 fully saturated rings. The smallest absolute Gasteiger partial charge is 0.147 e. The van der Waals surface area contributed by atoms with Crippen molar-refractivity contribution in [2.75, 3.05) is 11.1 Å². The van der Waals surface area contributed by atoms with Gasteiger partial charge in [0.25, 0.3) is 0 Å². The number of hydrogen-bond donors (Lipinski definition) is 2. The van der Waals surface area contributed by atoms with Crippen molar-refractivity contribution in [3.05, 3.63) is 12.4 Å². The van der Waals surface area contributed by atoms with Crippen LogP contribution in [0.2, 0.25) is 0 Å². The molecule has 0 aromatic carbocycles. The van der Waals surface area contributed by atoms with Gasteiger partial charge in [-0.1, -0.05) is 32.1 Å². The van der Waals surface area contributed by atoms with E-state index < -0.39 is 0 Å². The molecule has 88 valence electrons. The number of nitrogens with one attached hydrogen (secondary N) is 1. The third-order valence-electron chi connectivity index (χ3n) is 3.11. The molecule has 0 amide bonds. The molecule has 1 heterocycles. The van der Waals surface area contributed by atoms with Crippen molar-refractivity contribution in [3.8, 4) is 0 Å². The molecule has 0 atom stereocenters. The predicted octanol–water partition coefficient (Wildman–Crippen LogP) is 2.58. The van der Waals surface area contributed by atoms with Crippen LogP contribution in [-0.4, -0.2) is 16.0 Å². The van der Waals surface area contributed by atoms with Crippen LogP contribution in [0.1, 0.15) is 44.9 Å². The van der Waals surface area contributed by atoms with Gasteiger partial charge >= 0.3 is 0 Å². The summed E-state index contributed by atoms with van der Waals surface area (Å²) in [6, 6.07) is 0.538. The Hall–Kier alpha value is -1.32. The standard InChI is InChI=1S/C12H20N4/c13-11-8-14-9-12(16-11)15-10-6-4-2-1-3-5-7-10/h8-10H,1-7H2,(H3,13,15,16). The number of rotatable bonds is 2. The molecule has 1 aromatic heterocycles. The molecule has 1 aliphatic carbocycles. The first-order valence-electron chi connectivity index (χ1n) is 6.18. The van der Waals surface area contributed by atoms with E-state index in [1.165, 1.54) is 44.9 Å². The second-order valence-electron chi connectivity index (χ2n) is 4.52. The second-order valence-corrected chi connectivity index (χ2v) is 4.52. The van der Waals surface area contributed by atoms with Crippen LogP contribution >= 0.6 is 0 Å². The summed E-state index contributed by atoms with van der Waals surface area (Å²) in [5, 5.41) is 3.44. The number of nitrogens with zero attached hydrogens (tertiary/aromatic N) is 2. The van der Waals surface area contributed by atoms with Crippen LogP contribution < -0.4 is 11.1 Å². The van der Waals surface area contributed by atoms with Crippen LogP contribution in [0.3, 0.4) is 0 Å². The lowest BCUT2D eigenvalue weighted by atomic mass is 9.97. The van der Waals surface area contributed by atoms with E-state index in [1.807, 2.05) is 0 Å². The number of nitrogen functional groups attached to an aromatic ring is 1. The molecular weight excluding hydrogens is 200 g/mol. The minimum atomic E-state index is 0.482. The van der Waals surface area contributed by atoms with Crippen LogP contribution in [0.4, 0.5) is 11.6 Å². The number of hydrogen-bond acceptors (Lipinski definition) is 4. The summed E-state index contributed by atoms with van der Waals surface area (Å²) in [4.78, 5) is 8.27. The summed E-state index contributed by atoms with van der Waals surface area (Å²) in [7, 11) is 0. The molecule has 0 unspecified atom stereocenters. The van der Waals surface area contributed by atoms with Crippen molar-refractivity contribution in [2.45, 2.75) is 51.0 Å². The molecule has 4 nitrogen and oxygen atoms in total. The van der Waals surface area contributed by atoms with Gasteiger partial charge in [-0.3, -0.25) is 4.98 Å². The summed E-state index contributed by atoms with van der Waals surface area (Å²) < 4.78 is 0. The summed E-state index contributed by atoms with van der Waals surface area (Å²) in [5.41, 5.74) is 5.61. The van der Waals surface area contributed by atoms with Gasteiger partial charge in [0.15, 0.2) is 0 Å². The van der Waals surface area contributed by atoms with Crippen LogP contribution in [0.5, 0.6) is 0 Å². The monoisotopic (exact) mass is 220 g/mol. The molecule has 0 aliphatic heterocycles. The van der Waals surface area contributed by atoms with Crippen molar-refractivity contribution in [1.82, 2.24) is 9.97 Å². The highest BCUT2D eigenvalue weighted by Gasteiger charge is 2.11. The molecule has 0 radical (unpaired) electrons. The van der Waals surface area contributed by atoms with Crippen molar-refractivity contribution < 1.29 is 0 Å². The lowest BCUT2D eigenvalue weighted by Crippen LogP contribution is -2.21. The van der Waals surface area contributed by atoms with E-state index in [0.717, 1.165) is 5.82 Å². The summed E-state index contributed by atoms with van der Waals surface area (Å²) >= 11 is 0. The Balaban J connectivity index is 1.91. The molecule has 1 aliphatic rings. The Morgan fingerprint density at radius 3 is 2.44 bits per heavy atom. The second kappa shape index (κ2) is 5.68. The SMILES string of the molecule is Nc1cncc(NC2CCCCCCC2)n1. The zero-order chi connectivity index (χ0) is 11.2. The van der Waals surface area contributed by atoms with Crippen LogP contribution in [-0.2, 0) is 0 Å². The maximum Gasteiger partial charge on any atom is 0.147 e. The van der Waals surface area contributed by atoms with E-state index in [1.54, 1.807) is 12.4 Å². The van der Waals surface area contributed by atoms with Crippen molar-refractivity contribution in [1.29, 1.82) is 0 Å². The first-order valence-corrected chi connectivity index (χ1v) is 6.18. The largest absolute Gasteiger partial charge is 0.382 e. The first-order chi connectivity index (χ1) is 7.84. The van der Waals surface area contributed by atoms with Gasteiger partial charge in [-0.05, 0) is 12.8 Å². The molecule has 0 bridgehead atoms. The minimum absolute atomic E-state index is 0.482. The van der Waals surface area contributed by atoms with Crippen LogP contribution in [0, 0.1) is 0 Å². The Kier molecular flexibility index (Phi) is 3.97. The third kappa shape index (κ3) is 3.36. The third-order valence-corrected chi connectivity index (χ3v) is 3.11. The van der Waals surface area contributed by atoms with Crippen molar-refractivity contribution in [3.63, 3.8) is 0 Å². The van der Waals surface area contributed by atoms with Crippen molar-refractivity contribution >= 4 is 11.6 Å². The Morgan fingerprint density at radius 2 is 1.75 bits per heavy atom. The van der Waals surface area contributed by atoms with Gasteiger partial charge in [-0.25, -0.2) is 4.98 Å². The van der Waals surface area contributed by atoms with E-state index in [0.29, 0.717) is 11.9 Å². The number of aromatic nitrogens is 2. The maximum atomic E-state index is 5.61. The molecular formula is C12H20N4. The predicted molar refractivity (Wildman–Crippen MR) is 66.2 cm³/mol. The highest BCUT2D eigenvalue weighted by atomic mass is 15.1. The molecule has 4 heteroatoms. The lowest BCUT2D eigenvalue weighted by Gasteiger charge is -2.21. The zero-order valence-electron chi connectivity index (χ0n) is 9.65. The lowest BCUT2D eigenvalue weighted by molar-refractivity contribution is 0.470. The van der Waals surface area contributed by atoms with E-state index >= 15 is 0 Å². The quantitative estimate of drug-likeness (QED) is 0.804. The van der Waals surface area contributed by atoms with E-state index in [9.17, 15) is 0 Å². The summed E-state index contributed by atoms with van der Waals surface area (Å²) in [6.45, 7) is 0. The van der Waals surface area contributed by atoms with Gasteiger partial charge in [-0.15, -0.1) is 0 Å². The highest BCUT2D eigenvalue weighted by Crippen LogP contribution is 2.19. The first kappa shape index (κ1) is 11.2. The van der Waals surface area contributed by atoms with Crippen LogP contribution in [0.25, 0.3) is 0 Å². The molecule has 1 aromatic rings. The normalized spacial score (nSPS) is 18.8. The zero-order valence-corrected chi connectivity index (χ0v) is 9.65. The van der Waals surface area contributed by atoms with E-state index in [-0.39, 0.29) is 0 Å². The van der Waals surface area contributed by atoms with E-state index in [4.69, 9.17) is 5.73 Å². The highest BCUT2D eigenvalue weighted by molar-refractivity contribution is 5.39. The fourth-order valence-electron chi connectivity index (χ4n) is 2.26. The Labute approximate surface area is 96.7 Å². The van der Waals surface area contributed by atoms with Gasteiger partial charge < -0.3 is 11.1 Å². The molecule has 3 N–H and O–H groups in total. The number of nitrogens with two attached hydrogens (primary N) is 1. The molecule has 0 spiro atoms. The molecule has 2 rings (SSSR count). The number of anilines is 2. The summed E-state index contributed by atoms with van der Waals surface area (Å²) in [6.07, 6.45) is 12.5. The Morgan fingerprint density at radius 1 is 1.06 bits per heavy atom. The minimum Gasteiger partial charge on any atom is -0.382 e. The van der Waals surface area contributed by atoms with Gasteiger partial charge in [0.05, 0.1) is 12.4 Å². The fourth-order valence-corrected chi connectivity index (χ4v) is 2.26. The topological polar surface area (TPSA) is 63.8 Å². The van der Waals surface area contributed by atoms with Gasteiger partial charge in [0.1, 0.15) is 11.6 Å². The average molecular weight is 220 g/mol. The van der Waals surface area contributed by atoms with Gasteiger partial charge in [-0.2, -0.15) is 0 Å². The van der Waals surface area contributed by atoms with Gasteiger partial charge in [0, 0.05) is 6.04 Å². The van der Waals surface area contributed by atoms with Crippen molar-refractivity contribution in [2.24, 2.45) is 0 Å².